The molecular weight excluding hydrogens is 575 g/mol. The van der Waals surface area contributed by atoms with Gasteiger partial charge >= 0.3 is 5.97 Å². The quantitative estimate of drug-likeness (QED) is 0.339. The van der Waals surface area contributed by atoms with Crippen molar-refractivity contribution in [1.29, 1.82) is 0 Å². The van der Waals surface area contributed by atoms with E-state index < -0.39 is 23.1 Å². The number of hydrogen-bond donors (Lipinski definition) is 2. The Bertz CT molecular complexity index is 1420. The molecule has 3 fully saturated rings. The third kappa shape index (κ3) is 6.27. The van der Waals surface area contributed by atoms with Gasteiger partial charge in [0.1, 0.15) is 17.0 Å². The minimum absolute atomic E-state index is 0.0299. The van der Waals surface area contributed by atoms with E-state index in [1.165, 1.54) is 20.0 Å². The number of amides is 1. The molecule has 6 rings (SSSR count). The van der Waals surface area contributed by atoms with Gasteiger partial charge in [0.25, 0.3) is 5.91 Å². The first-order valence-electron chi connectivity index (χ1n) is 16.7. The van der Waals surface area contributed by atoms with Gasteiger partial charge in [0, 0.05) is 31.6 Å². The van der Waals surface area contributed by atoms with Crippen molar-refractivity contribution in [2.75, 3.05) is 31.3 Å². The van der Waals surface area contributed by atoms with Gasteiger partial charge in [0.05, 0.1) is 17.9 Å². The number of nitrogens with zero attached hydrogens (tertiary/aromatic N) is 3. The molecule has 9 nitrogen and oxygen atoms in total. The lowest BCUT2D eigenvalue weighted by atomic mass is 9.56. The summed E-state index contributed by atoms with van der Waals surface area (Å²) in [6.45, 7) is 9.72. The van der Waals surface area contributed by atoms with Gasteiger partial charge in [-0.05, 0) is 119 Å². The molecular formula is C35H47FN4O5. The molecule has 3 heterocycles. The van der Waals surface area contributed by atoms with Gasteiger partial charge in [-0.1, -0.05) is 13.8 Å². The Hall–Kier alpha value is -3.27. The van der Waals surface area contributed by atoms with Crippen molar-refractivity contribution < 1.29 is 28.6 Å². The molecule has 1 aromatic heterocycles. The van der Waals surface area contributed by atoms with E-state index in [4.69, 9.17) is 9.47 Å². The maximum atomic E-state index is 15.7. The first-order chi connectivity index (χ1) is 21.5. The molecule has 4 aliphatic rings. The fourth-order valence-electron chi connectivity index (χ4n) is 8.49. The van der Waals surface area contributed by atoms with Crippen LogP contribution in [0.15, 0.2) is 24.4 Å². The van der Waals surface area contributed by atoms with Crippen LogP contribution < -0.4 is 15.0 Å². The van der Waals surface area contributed by atoms with Gasteiger partial charge in [0.2, 0.25) is 5.95 Å². The first kappa shape index (κ1) is 31.7. The minimum atomic E-state index is -1.96. The third-order valence-electron chi connectivity index (χ3n) is 10.7. The number of aliphatic carboxylic acids is 1. The lowest BCUT2D eigenvalue weighted by molar-refractivity contribution is -0.155. The molecule has 5 atom stereocenters. The van der Waals surface area contributed by atoms with Crippen LogP contribution in [-0.4, -0.2) is 58.9 Å². The Morgan fingerprint density at radius 1 is 1.18 bits per heavy atom. The number of rotatable bonds is 9. The molecule has 2 aliphatic heterocycles. The van der Waals surface area contributed by atoms with Gasteiger partial charge in [-0.3, -0.25) is 4.79 Å². The fraction of sp³-hybridized carbons (Fsp3) is 0.657. The number of carbonyl (C=O) groups excluding carboxylic acids is 1. The summed E-state index contributed by atoms with van der Waals surface area (Å²) in [6, 6.07) is 5.97. The van der Waals surface area contributed by atoms with Crippen LogP contribution >= 0.6 is 0 Å². The number of nitrogens with one attached hydrogen (secondary N) is 1. The van der Waals surface area contributed by atoms with Crippen LogP contribution in [0.1, 0.15) is 94.3 Å². The standard InChI is InChI=1S/C35H47FN4O5/c1-21-15-24-17-22(2)35(32(42)43,26(16-21)18-24)39-31(41)28-20-37-33(38-30(28)34(3,4)36)40-11-7-25-19-27(5-6-29(25)40)45-14-10-23-8-12-44-13-9-23/h5-6,19-24,26H,7-18H2,1-4H3,(H,39,41)(H,42,43). The Morgan fingerprint density at radius 3 is 2.69 bits per heavy atom. The average molecular weight is 623 g/mol. The Labute approximate surface area is 265 Å². The van der Waals surface area contributed by atoms with Crippen LogP contribution in [0.5, 0.6) is 5.75 Å². The minimum Gasteiger partial charge on any atom is -0.494 e. The molecule has 1 aromatic carbocycles. The summed E-state index contributed by atoms with van der Waals surface area (Å²) in [4.78, 5) is 37.9. The molecule has 2 aliphatic carbocycles. The fourth-order valence-corrected chi connectivity index (χ4v) is 8.49. The van der Waals surface area contributed by atoms with Crippen molar-refractivity contribution in [3.05, 3.63) is 41.2 Å². The van der Waals surface area contributed by atoms with Crippen molar-refractivity contribution >= 4 is 23.5 Å². The van der Waals surface area contributed by atoms with Gasteiger partial charge < -0.3 is 24.8 Å². The van der Waals surface area contributed by atoms with Crippen LogP contribution in [-0.2, 0) is 21.6 Å². The predicted octanol–water partition coefficient (Wildman–Crippen LogP) is 6.22. The molecule has 244 valence electrons. The molecule has 5 unspecified atom stereocenters. The molecule has 1 saturated heterocycles. The Balaban J connectivity index is 1.21. The normalized spacial score (nSPS) is 28.4. The summed E-state index contributed by atoms with van der Waals surface area (Å²) in [5.41, 5.74) is -1.44. The molecule has 2 bridgehead atoms. The molecule has 45 heavy (non-hydrogen) atoms. The van der Waals surface area contributed by atoms with Crippen LogP contribution in [0.4, 0.5) is 16.0 Å². The van der Waals surface area contributed by atoms with E-state index in [0.717, 1.165) is 81.6 Å². The summed E-state index contributed by atoms with van der Waals surface area (Å²) >= 11 is 0. The van der Waals surface area contributed by atoms with E-state index >= 15 is 4.39 Å². The zero-order chi connectivity index (χ0) is 31.9. The van der Waals surface area contributed by atoms with Crippen molar-refractivity contribution in [3.63, 3.8) is 0 Å². The third-order valence-corrected chi connectivity index (χ3v) is 10.7. The summed E-state index contributed by atoms with van der Waals surface area (Å²) in [7, 11) is 0. The van der Waals surface area contributed by atoms with Crippen LogP contribution in [0.2, 0.25) is 0 Å². The Morgan fingerprint density at radius 2 is 1.96 bits per heavy atom. The molecule has 10 heteroatoms. The van der Waals surface area contributed by atoms with Gasteiger partial charge in [-0.25, -0.2) is 19.2 Å². The highest BCUT2D eigenvalue weighted by Gasteiger charge is 2.57. The van der Waals surface area contributed by atoms with E-state index in [1.54, 1.807) is 0 Å². The highest BCUT2D eigenvalue weighted by atomic mass is 19.1. The second-order valence-electron chi connectivity index (χ2n) is 14.4. The number of ether oxygens (including phenoxy) is 2. The SMILES string of the molecule is CC1CC2CC(C)C(NC(=O)c3cnc(N4CCc5cc(OCCC6CCOCC6)ccc54)nc3C(C)(C)F)(C(=O)O)C(C1)C2. The summed E-state index contributed by atoms with van der Waals surface area (Å²) in [5, 5.41) is 13.5. The number of anilines is 2. The molecule has 0 spiro atoms. The number of hydrogen-bond acceptors (Lipinski definition) is 7. The van der Waals surface area contributed by atoms with E-state index in [0.29, 0.717) is 36.9 Å². The number of carboxylic acid groups (broad SMARTS) is 1. The van der Waals surface area contributed by atoms with Crippen LogP contribution in [0.25, 0.3) is 0 Å². The molecule has 2 aromatic rings. The van der Waals surface area contributed by atoms with Gasteiger partial charge in [-0.2, -0.15) is 0 Å². The monoisotopic (exact) mass is 622 g/mol. The highest BCUT2D eigenvalue weighted by Crippen LogP contribution is 2.50. The van der Waals surface area contributed by atoms with Crippen molar-refractivity contribution in [2.45, 2.75) is 90.3 Å². The number of alkyl halides is 1. The highest BCUT2D eigenvalue weighted by molar-refractivity contribution is 5.99. The second kappa shape index (κ2) is 12.5. The van der Waals surface area contributed by atoms with E-state index in [-0.39, 0.29) is 23.1 Å². The van der Waals surface area contributed by atoms with Crippen molar-refractivity contribution in [1.82, 2.24) is 15.3 Å². The zero-order valence-corrected chi connectivity index (χ0v) is 27.0. The topological polar surface area (TPSA) is 114 Å². The number of halogens is 1. The second-order valence-corrected chi connectivity index (χ2v) is 14.4. The largest absolute Gasteiger partial charge is 0.494 e. The van der Waals surface area contributed by atoms with Crippen LogP contribution in [0, 0.1) is 29.6 Å². The van der Waals surface area contributed by atoms with E-state index in [9.17, 15) is 14.7 Å². The maximum absolute atomic E-state index is 15.7. The number of carbonyl (C=O) groups is 2. The van der Waals surface area contributed by atoms with Gasteiger partial charge in [0.15, 0.2) is 0 Å². The number of carboxylic acids is 1. The van der Waals surface area contributed by atoms with E-state index in [1.807, 2.05) is 24.0 Å². The van der Waals surface area contributed by atoms with E-state index in [2.05, 4.69) is 28.3 Å². The summed E-state index contributed by atoms with van der Waals surface area (Å²) < 4.78 is 27.3. The molecule has 1 amide bonds. The summed E-state index contributed by atoms with van der Waals surface area (Å²) in [6.07, 6.45) is 8.63. The van der Waals surface area contributed by atoms with Gasteiger partial charge in [-0.15, -0.1) is 0 Å². The molecule has 0 radical (unpaired) electrons. The first-order valence-corrected chi connectivity index (χ1v) is 16.7. The number of benzene rings is 1. The average Bonchev–Trinajstić information content (AvgIpc) is 3.42. The molecule has 2 saturated carbocycles. The lowest BCUT2D eigenvalue weighted by Gasteiger charge is -2.52. The maximum Gasteiger partial charge on any atom is 0.329 e. The van der Waals surface area contributed by atoms with Crippen molar-refractivity contribution in [2.24, 2.45) is 29.6 Å². The lowest BCUT2D eigenvalue weighted by Crippen LogP contribution is -2.66. The molecule has 2 N–H and O–H groups in total. The predicted molar refractivity (Wildman–Crippen MR) is 169 cm³/mol. The zero-order valence-electron chi connectivity index (χ0n) is 27.0. The van der Waals surface area contributed by atoms with Crippen LogP contribution in [0.3, 0.4) is 0 Å². The number of aromatic nitrogens is 2. The van der Waals surface area contributed by atoms with Crippen molar-refractivity contribution in [3.8, 4) is 5.75 Å². The smallest absolute Gasteiger partial charge is 0.329 e. The summed E-state index contributed by atoms with van der Waals surface area (Å²) in [5.74, 6) is 0.518. The Kier molecular flexibility index (Phi) is 8.80. The number of fused-ring (bicyclic) bond motifs is 3.